The second kappa shape index (κ2) is 10.8. The molecular weight excluding hydrogens is 437 g/mol. The van der Waals surface area contributed by atoms with Gasteiger partial charge in [0.05, 0.1) is 5.02 Å². The lowest BCUT2D eigenvalue weighted by atomic mass is 9.89. The molecule has 1 N–H and O–H groups in total. The third kappa shape index (κ3) is 6.43. The van der Waals surface area contributed by atoms with Crippen molar-refractivity contribution in [2.75, 3.05) is 5.32 Å². The largest absolute Gasteiger partial charge is 0.457 e. The second-order valence-electron chi connectivity index (χ2n) is 7.75. The number of ether oxygens (including phenoxy) is 1. The third-order valence-electron chi connectivity index (χ3n) is 5.29. The van der Waals surface area contributed by atoms with Crippen LogP contribution in [0.15, 0.2) is 103 Å². The molecule has 1 unspecified atom stereocenters. The van der Waals surface area contributed by atoms with Gasteiger partial charge >= 0.3 is 0 Å². The first-order chi connectivity index (χ1) is 16.1. The van der Waals surface area contributed by atoms with Crippen LogP contribution in [0.5, 0.6) is 11.5 Å². The average Bonchev–Trinajstić information content (AvgIpc) is 2.83. The van der Waals surface area contributed by atoms with Crippen LogP contribution in [0, 0.1) is 5.82 Å². The topological polar surface area (TPSA) is 38.3 Å². The van der Waals surface area contributed by atoms with Crippen LogP contribution in [-0.4, -0.2) is 5.91 Å². The van der Waals surface area contributed by atoms with Gasteiger partial charge in [-0.3, -0.25) is 4.79 Å². The molecule has 0 spiro atoms. The summed E-state index contributed by atoms with van der Waals surface area (Å²) < 4.78 is 19.3. The Morgan fingerprint density at radius 1 is 0.848 bits per heavy atom. The summed E-state index contributed by atoms with van der Waals surface area (Å²) >= 11 is 5.84. The van der Waals surface area contributed by atoms with E-state index in [2.05, 4.69) is 17.4 Å². The van der Waals surface area contributed by atoms with E-state index in [4.69, 9.17) is 16.3 Å². The van der Waals surface area contributed by atoms with Crippen LogP contribution in [0.3, 0.4) is 0 Å². The number of hydrogen-bond donors (Lipinski definition) is 1. The fourth-order valence-corrected chi connectivity index (χ4v) is 3.83. The predicted molar refractivity (Wildman–Crippen MR) is 131 cm³/mol. The van der Waals surface area contributed by atoms with Gasteiger partial charge in [-0.1, -0.05) is 72.3 Å². The fourth-order valence-electron chi connectivity index (χ4n) is 3.65. The lowest BCUT2D eigenvalue weighted by Gasteiger charge is -2.18. The van der Waals surface area contributed by atoms with Crippen molar-refractivity contribution in [3.05, 3.63) is 125 Å². The zero-order chi connectivity index (χ0) is 23.0. The average molecular weight is 460 g/mol. The van der Waals surface area contributed by atoms with Crippen molar-refractivity contribution in [3.63, 3.8) is 0 Å². The Morgan fingerprint density at radius 2 is 1.48 bits per heavy atom. The van der Waals surface area contributed by atoms with Crippen LogP contribution in [0.1, 0.15) is 23.5 Å². The Balaban J connectivity index is 1.50. The Labute approximate surface area is 197 Å². The zero-order valence-electron chi connectivity index (χ0n) is 17.9. The van der Waals surface area contributed by atoms with Gasteiger partial charge in [-0.2, -0.15) is 0 Å². The van der Waals surface area contributed by atoms with Gasteiger partial charge in [-0.15, -0.1) is 0 Å². The number of benzene rings is 4. The maximum absolute atomic E-state index is 13.4. The van der Waals surface area contributed by atoms with Crippen molar-refractivity contribution in [2.24, 2.45) is 0 Å². The number of nitrogens with one attached hydrogen (secondary N) is 1. The van der Waals surface area contributed by atoms with E-state index in [1.54, 1.807) is 0 Å². The number of halogens is 2. The molecule has 0 saturated heterocycles. The second-order valence-corrected chi connectivity index (χ2v) is 8.16. The maximum atomic E-state index is 13.4. The third-order valence-corrected chi connectivity index (χ3v) is 5.58. The normalized spacial score (nSPS) is 11.6. The Hall–Kier alpha value is -3.63. The van der Waals surface area contributed by atoms with E-state index in [0.29, 0.717) is 12.1 Å². The van der Waals surface area contributed by atoms with Crippen molar-refractivity contribution in [3.8, 4) is 11.5 Å². The van der Waals surface area contributed by atoms with Crippen LogP contribution in [0.4, 0.5) is 10.1 Å². The molecule has 0 aliphatic carbocycles. The molecule has 3 nitrogen and oxygen atoms in total. The van der Waals surface area contributed by atoms with E-state index in [9.17, 15) is 9.18 Å². The van der Waals surface area contributed by atoms with Crippen LogP contribution in [0.25, 0.3) is 0 Å². The molecule has 1 atom stereocenters. The highest BCUT2D eigenvalue weighted by Crippen LogP contribution is 2.29. The highest BCUT2D eigenvalue weighted by molar-refractivity contribution is 6.31. The zero-order valence-corrected chi connectivity index (χ0v) is 18.6. The van der Waals surface area contributed by atoms with Crippen LogP contribution < -0.4 is 10.1 Å². The minimum Gasteiger partial charge on any atom is -0.457 e. The Bertz CT molecular complexity index is 1200. The molecule has 0 saturated carbocycles. The summed E-state index contributed by atoms with van der Waals surface area (Å²) in [5.74, 6) is 0.768. The Morgan fingerprint density at radius 3 is 2.15 bits per heavy atom. The first-order valence-corrected chi connectivity index (χ1v) is 11.1. The molecule has 166 valence electrons. The molecule has 0 radical (unpaired) electrons. The van der Waals surface area contributed by atoms with Gasteiger partial charge in [-0.25, -0.2) is 4.39 Å². The molecular formula is C28H23ClFNO2. The lowest BCUT2D eigenvalue weighted by molar-refractivity contribution is -0.116. The molecule has 4 aromatic carbocycles. The summed E-state index contributed by atoms with van der Waals surface area (Å²) in [4.78, 5) is 12.8. The van der Waals surface area contributed by atoms with Gasteiger partial charge in [0.1, 0.15) is 17.3 Å². The van der Waals surface area contributed by atoms with Crippen molar-refractivity contribution < 1.29 is 13.9 Å². The summed E-state index contributed by atoms with van der Waals surface area (Å²) in [5.41, 5.74) is 2.65. The minimum atomic E-state index is -0.519. The highest BCUT2D eigenvalue weighted by atomic mass is 35.5. The molecule has 1 amide bonds. The quantitative estimate of drug-likeness (QED) is 0.294. The molecule has 0 aliphatic heterocycles. The van der Waals surface area contributed by atoms with Crippen molar-refractivity contribution in [1.82, 2.24) is 0 Å². The van der Waals surface area contributed by atoms with Gasteiger partial charge in [0, 0.05) is 12.1 Å². The molecule has 0 aromatic heterocycles. The predicted octanol–water partition coefficient (Wildman–Crippen LogP) is 7.63. The van der Waals surface area contributed by atoms with E-state index < -0.39 is 5.82 Å². The SMILES string of the molecule is O=C(CC(Cc1ccccc1)c1ccc(Oc2ccccc2)cc1)Nc1ccc(F)c(Cl)c1. The van der Waals surface area contributed by atoms with Crippen LogP contribution >= 0.6 is 11.6 Å². The smallest absolute Gasteiger partial charge is 0.224 e. The fraction of sp³-hybridized carbons (Fsp3) is 0.107. The molecule has 33 heavy (non-hydrogen) atoms. The molecule has 4 rings (SSSR count). The van der Waals surface area contributed by atoms with Crippen molar-refractivity contribution in [2.45, 2.75) is 18.8 Å². The van der Waals surface area contributed by atoms with Crippen molar-refractivity contribution in [1.29, 1.82) is 0 Å². The summed E-state index contributed by atoms with van der Waals surface area (Å²) in [6, 6.07) is 31.6. The first-order valence-electron chi connectivity index (χ1n) is 10.7. The van der Waals surface area contributed by atoms with E-state index >= 15 is 0 Å². The minimum absolute atomic E-state index is 0.0253. The summed E-state index contributed by atoms with van der Waals surface area (Å²) in [6.07, 6.45) is 0.972. The number of anilines is 1. The lowest BCUT2D eigenvalue weighted by Crippen LogP contribution is -2.17. The summed E-state index contributed by atoms with van der Waals surface area (Å²) in [7, 11) is 0. The number of rotatable bonds is 8. The first kappa shape index (κ1) is 22.6. The van der Waals surface area contributed by atoms with Gasteiger partial charge < -0.3 is 10.1 Å². The monoisotopic (exact) mass is 459 g/mol. The van der Waals surface area contributed by atoms with Gasteiger partial charge in [0.25, 0.3) is 0 Å². The number of para-hydroxylation sites is 1. The number of amides is 1. The molecule has 0 fully saturated rings. The van der Waals surface area contributed by atoms with Gasteiger partial charge in [0.2, 0.25) is 5.91 Å². The van der Waals surface area contributed by atoms with E-state index in [1.807, 2.05) is 72.8 Å². The molecule has 5 heteroatoms. The Kier molecular flexibility index (Phi) is 7.38. The number of carbonyl (C=O) groups excluding carboxylic acids is 1. The molecule has 0 heterocycles. The maximum Gasteiger partial charge on any atom is 0.224 e. The van der Waals surface area contributed by atoms with Crippen LogP contribution in [0.2, 0.25) is 5.02 Å². The van der Waals surface area contributed by atoms with E-state index in [0.717, 1.165) is 22.6 Å². The van der Waals surface area contributed by atoms with Crippen molar-refractivity contribution >= 4 is 23.2 Å². The van der Waals surface area contributed by atoms with Gasteiger partial charge in [-0.05, 0) is 65.9 Å². The van der Waals surface area contributed by atoms with E-state index in [1.165, 1.54) is 18.2 Å². The molecule has 4 aromatic rings. The molecule has 0 aliphatic rings. The number of hydrogen-bond acceptors (Lipinski definition) is 2. The standard InChI is InChI=1S/C28H23ClFNO2/c29-26-19-23(13-16-27(26)30)31-28(32)18-22(17-20-7-3-1-4-8-20)21-11-14-25(15-12-21)33-24-9-5-2-6-10-24/h1-16,19,22H,17-18H2,(H,31,32). The van der Waals surface area contributed by atoms with Crippen LogP contribution in [-0.2, 0) is 11.2 Å². The highest BCUT2D eigenvalue weighted by Gasteiger charge is 2.18. The summed E-state index contributed by atoms with van der Waals surface area (Å²) in [6.45, 7) is 0. The van der Waals surface area contributed by atoms with E-state index in [-0.39, 0.29) is 23.3 Å². The number of carbonyl (C=O) groups is 1. The van der Waals surface area contributed by atoms with Gasteiger partial charge in [0.15, 0.2) is 0 Å². The molecule has 0 bridgehead atoms. The summed E-state index contributed by atoms with van der Waals surface area (Å²) in [5, 5.41) is 2.80.